The lowest BCUT2D eigenvalue weighted by Gasteiger charge is -2.15. The molecule has 0 amide bonds. The molecule has 120 valence electrons. The number of carbonyl (C=O) groups excluding carboxylic acids is 1. The Bertz CT molecular complexity index is 594. The number of carbonyl (C=O) groups is 1. The Morgan fingerprint density at radius 2 is 1.91 bits per heavy atom. The van der Waals surface area contributed by atoms with Crippen LogP contribution in [0.5, 0.6) is 11.5 Å². The average molecular weight is 325 g/mol. The molecule has 0 bridgehead atoms. The molecule has 0 unspecified atom stereocenters. The summed E-state index contributed by atoms with van der Waals surface area (Å²) >= 11 is 0. The predicted octanol–water partition coefficient (Wildman–Crippen LogP) is 3.23. The summed E-state index contributed by atoms with van der Waals surface area (Å²) in [5, 5.41) is 8.92. The van der Waals surface area contributed by atoms with Gasteiger partial charge in [0.05, 0.1) is 6.61 Å². The molecule has 10 heteroatoms. The van der Waals surface area contributed by atoms with Gasteiger partial charge in [-0.05, 0) is 19.1 Å². The number of halogens is 5. The van der Waals surface area contributed by atoms with E-state index in [9.17, 15) is 26.7 Å². The lowest BCUT2D eigenvalue weighted by molar-refractivity contribution is -0.274. The normalized spacial score (nSPS) is 11.0. The summed E-state index contributed by atoms with van der Waals surface area (Å²) in [6, 6.07) is 2.53. The molecule has 22 heavy (non-hydrogen) atoms. The van der Waals surface area contributed by atoms with E-state index in [4.69, 9.17) is 5.26 Å². The molecule has 1 rings (SSSR count). The van der Waals surface area contributed by atoms with Crippen LogP contribution >= 0.6 is 0 Å². The van der Waals surface area contributed by atoms with Gasteiger partial charge in [-0.1, -0.05) is 0 Å². The second-order valence-corrected chi connectivity index (χ2v) is 3.57. The predicted molar refractivity (Wildman–Crippen MR) is 60.4 cm³/mol. The third-order valence-corrected chi connectivity index (χ3v) is 2.16. The maximum absolute atomic E-state index is 12.3. The van der Waals surface area contributed by atoms with E-state index in [1.165, 1.54) is 13.0 Å². The van der Waals surface area contributed by atoms with Gasteiger partial charge in [-0.3, -0.25) is 0 Å². The van der Waals surface area contributed by atoms with Crippen molar-refractivity contribution in [3.8, 4) is 17.6 Å². The van der Waals surface area contributed by atoms with E-state index in [0.29, 0.717) is 12.1 Å². The van der Waals surface area contributed by atoms with E-state index in [-0.39, 0.29) is 6.61 Å². The molecule has 0 N–H and O–H groups in total. The van der Waals surface area contributed by atoms with Gasteiger partial charge >= 0.3 is 18.9 Å². The molecule has 0 heterocycles. The molecule has 0 aliphatic carbocycles. The van der Waals surface area contributed by atoms with Crippen molar-refractivity contribution in [2.45, 2.75) is 19.9 Å². The van der Waals surface area contributed by atoms with Gasteiger partial charge in [0.15, 0.2) is 0 Å². The van der Waals surface area contributed by atoms with Crippen LogP contribution < -0.4 is 9.47 Å². The summed E-state index contributed by atoms with van der Waals surface area (Å²) in [7, 11) is 0. The van der Waals surface area contributed by atoms with Gasteiger partial charge < -0.3 is 14.2 Å². The van der Waals surface area contributed by atoms with Crippen molar-refractivity contribution in [1.82, 2.24) is 0 Å². The molecule has 0 saturated carbocycles. The van der Waals surface area contributed by atoms with E-state index in [2.05, 4.69) is 14.2 Å². The summed E-state index contributed by atoms with van der Waals surface area (Å²) in [4.78, 5) is 11.7. The van der Waals surface area contributed by atoms with Crippen molar-refractivity contribution in [3.63, 3.8) is 0 Å². The molecule has 0 radical (unpaired) electrons. The molecule has 1 aromatic rings. The fraction of sp³-hybridized carbons (Fsp3) is 0.333. The fourth-order valence-corrected chi connectivity index (χ4v) is 1.49. The lowest BCUT2D eigenvalue weighted by atomic mass is 10.1. The summed E-state index contributed by atoms with van der Waals surface area (Å²) < 4.78 is 73.5. The second kappa shape index (κ2) is 6.93. The van der Waals surface area contributed by atoms with Crippen molar-refractivity contribution in [1.29, 1.82) is 5.26 Å². The third-order valence-electron chi connectivity index (χ3n) is 2.16. The Morgan fingerprint density at radius 1 is 1.32 bits per heavy atom. The molecule has 0 aromatic heterocycles. The van der Waals surface area contributed by atoms with Crippen molar-refractivity contribution < 1.29 is 41.0 Å². The van der Waals surface area contributed by atoms with Crippen molar-refractivity contribution in [2.24, 2.45) is 0 Å². The van der Waals surface area contributed by atoms with Gasteiger partial charge in [0, 0.05) is 0 Å². The standard InChI is InChI=1S/C12H8F5NO4/c1-2-20-10(19)9-6(5-18)7(22-12(15,16)17)3-4-8(9)21-11(13)14/h3-4,11H,2H2,1H3. The summed E-state index contributed by atoms with van der Waals surface area (Å²) in [6.45, 7) is -2.16. The second-order valence-electron chi connectivity index (χ2n) is 3.57. The van der Waals surface area contributed by atoms with E-state index in [0.717, 1.165) is 0 Å². The van der Waals surface area contributed by atoms with Crippen LogP contribution in [-0.2, 0) is 4.74 Å². The average Bonchev–Trinajstić information content (AvgIpc) is 2.37. The molecule has 0 aliphatic rings. The highest BCUT2D eigenvalue weighted by Gasteiger charge is 2.34. The molecular weight excluding hydrogens is 317 g/mol. The molecule has 0 aliphatic heterocycles. The number of benzene rings is 1. The molecule has 0 fully saturated rings. The first-order valence-electron chi connectivity index (χ1n) is 5.64. The fourth-order valence-electron chi connectivity index (χ4n) is 1.49. The molecule has 0 saturated heterocycles. The maximum Gasteiger partial charge on any atom is 0.573 e. The minimum absolute atomic E-state index is 0.192. The zero-order chi connectivity index (χ0) is 16.9. The first-order chi connectivity index (χ1) is 10.2. The van der Waals surface area contributed by atoms with Gasteiger partial charge in [-0.25, -0.2) is 4.79 Å². The van der Waals surface area contributed by atoms with E-state index >= 15 is 0 Å². The highest BCUT2D eigenvalue weighted by atomic mass is 19.4. The third kappa shape index (κ3) is 4.47. The molecule has 0 spiro atoms. The van der Waals surface area contributed by atoms with Crippen LogP contribution in [0, 0.1) is 11.3 Å². The quantitative estimate of drug-likeness (QED) is 0.614. The van der Waals surface area contributed by atoms with Gasteiger partial charge in [-0.15, -0.1) is 13.2 Å². The van der Waals surface area contributed by atoms with E-state index in [1.807, 2.05) is 0 Å². The van der Waals surface area contributed by atoms with Crippen molar-refractivity contribution in [3.05, 3.63) is 23.3 Å². The molecular formula is C12H8F5NO4. The van der Waals surface area contributed by atoms with Gasteiger partial charge in [0.1, 0.15) is 28.7 Å². The van der Waals surface area contributed by atoms with E-state index in [1.54, 1.807) is 0 Å². The summed E-state index contributed by atoms with van der Waals surface area (Å²) in [5.74, 6) is -3.11. The van der Waals surface area contributed by atoms with Crippen LogP contribution in [0.15, 0.2) is 12.1 Å². The first-order valence-corrected chi connectivity index (χ1v) is 5.64. The Balaban J connectivity index is 3.45. The maximum atomic E-state index is 12.3. The zero-order valence-electron chi connectivity index (χ0n) is 10.9. The number of rotatable bonds is 5. The lowest BCUT2D eigenvalue weighted by Crippen LogP contribution is -2.19. The van der Waals surface area contributed by atoms with Crippen molar-refractivity contribution in [2.75, 3.05) is 6.61 Å². The van der Waals surface area contributed by atoms with Crippen LogP contribution in [-0.4, -0.2) is 25.6 Å². The van der Waals surface area contributed by atoms with Crippen LogP contribution in [0.2, 0.25) is 0 Å². The SMILES string of the molecule is CCOC(=O)c1c(OC(F)F)ccc(OC(F)(F)F)c1C#N. The van der Waals surface area contributed by atoms with Crippen LogP contribution in [0.1, 0.15) is 22.8 Å². The highest BCUT2D eigenvalue weighted by Crippen LogP contribution is 2.34. The summed E-state index contributed by atoms with van der Waals surface area (Å²) in [6.07, 6.45) is -5.14. The van der Waals surface area contributed by atoms with E-state index < -0.39 is 41.6 Å². The smallest absolute Gasteiger partial charge is 0.462 e. The largest absolute Gasteiger partial charge is 0.573 e. The Kier molecular flexibility index (Phi) is 5.50. The number of esters is 1. The van der Waals surface area contributed by atoms with Crippen LogP contribution in [0.4, 0.5) is 22.0 Å². The number of hydrogen-bond acceptors (Lipinski definition) is 5. The zero-order valence-corrected chi connectivity index (χ0v) is 10.9. The Hall–Kier alpha value is -2.57. The minimum atomic E-state index is -5.14. The topological polar surface area (TPSA) is 68.6 Å². The highest BCUT2D eigenvalue weighted by molar-refractivity contribution is 5.96. The minimum Gasteiger partial charge on any atom is -0.462 e. The summed E-state index contributed by atoms with van der Waals surface area (Å²) in [5.41, 5.74) is -1.79. The number of hydrogen-bond donors (Lipinski definition) is 0. The van der Waals surface area contributed by atoms with Gasteiger partial charge in [-0.2, -0.15) is 14.0 Å². The molecule has 5 nitrogen and oxygen atoms in total. The Labute approximate surface area is 120 Å². The number of alkyl halides is 5. The van der Waals surface area contributed by atoms with Gasteiger partial charge in [0.2, 0.25) is 0 Å². The first kappa shape index (κ1) is 17.5. The van der Waals surface area contributed by atoms with Crippen molar-refractivity contribution >= 4 is 5.97 Å². The Morgan fingerprint density at radius 3 is 2.36 bits per heavy atom. The monoisotopic (exact) mass is 325 g/mol. The van der Waals surface area contributed by atoms with Crippen LogP contribution in [0.3, 0.4) is 0 Å². The number of nitriles is 1. The number of ether oxygens (including phenoxy) is 3. The molecule has 1 aromatic carbocycles. The van der Waals surface area contributed by atoms with Crippen LogP contribution in [0.25, 0.3) is 0 Å². The molecule has 0 atom stereocenters. The van der Waals surface area contributed by atoms with Gasteiger partial charge in [0.25, 0.3) is 0 Å². The number of nitrogens with zero attached hydrogens (tertiary/aromatic N) is 1.